The highest BCUT2D eigenvalue weighted by Crippen LogP contribution is 1.75. The smallest absolute Gasteiger partial charge is 0.219 e. The van der Waals surface area contributed by atoms with Crippen molar-refractivity contribution in [3.8, 4) is 6.07 Å². The van der Waals surface area contributed by atoms with Crippen LogP contribution >= 0.6 is 0 Å². The number of carbonyl (C=O) groups excluding carboxylic acids is 1. The molecule has 0 aliphatic heterocycles. The third kappa shape index (κ3) is 4.82. The van der Waals surface area contributed by atoms with E-state index in [9.17, 15) is 4.79 Å². The standard InChI is InChI=1S/C6H10N2O/c1-2-6(9)8-5-3-4-7/h2-3,5H2,1H3,(H,8,9). The molecule has 1 amide bonds. The number of amides is 1. The molecule has 0 atom stereocenters. The number of hydrogen-bond donors (Lipinski definition) is 1. The van der Waals surface area contributed by atoms with Gasteiger partial charge < -0.3 is 5.32 Å². The summed E-state index contributed by atoms with van der Waals surface area (Å²) in [5.41, 5.74) is 0. The monoisotopic (exact) mass is 126 g/mol. The van der Waals surface area contributed by atoms with Gasteiger partial charge in [-0.25, -0.2) is 0 Å². The van der Waals surface area contributed by atoms with E-state index in [1.165, 1.54) is 0 Å². The molecule has 0 aromatic heterocycles. The van der Waals surface area contributed by atoms with E-state index in [0.29, 0.717) is 19.4 Å². The Morgan fingerprint density at radius 3 is 2.89 bits per heavy atom. The van der Waals surface area contributed by atoms with E-state index < -0.39 is 0 Å². The summed E-state index contributed by atoms with van der Waals surface area (Å²) < 4.78 is 0. The molecule has 0 radical (unpaired) electrons. The van der Waals surface area contributed by atoms with Crippen molar-refractivity contribution in [1.29, 1.82) is 5.26 Å². The Bertz CT molecular complexity index is 126. The van der Waals surface area contributed by atoms with Gasteiger partial charge in [-0.3, -0.25) is 4.79 Å². The molecule has 0 spiro atoms. The fourth-order valence-corrected chi connectivity index (χ4v) is 0.383. The number of rotatable bonds is 3. The zero-order valence-electron chi connectivity index (χ0n) is 5.48. The zero-order chi connectivity index (χ0) is 7.11. The van der Waals surface area contributed by atoms with Crippen molar-refractivity contribution in [2.75, 3.05) is 6.54 Å². The Hall–Kier alpha value is -1.04. The van der Waals surface area contributed by atoms with Gasteiger partial charge in [0.15, 0.2) is 0 Å². The zero-order valence-corrected chi connectivity index (χ0v) is 5.48. The molecule has 1 N–H and O–H groups in total. The molecule has 0 aliphatic carbocycles. The average Bonchev–Trinajstić information content (AvgIpc) is 1.89. The third-order valence-electron chi connectivity index (χ3n) is 0.880. The molecule has 0 unspecified atom stereocenters. The maximum atomic E-state index is 10.5. The van der Waals surface area contributed by atoms with Crippen molar-refractivity contribution in [3.63, 3.8) is 0 Å². The van der Waals surface area contributed by atoms with Crippen molar-refractivity contribution in [1.82, 2.24) is 5.32 Å². The summed E-state index contributed by atoms with van der Waals surface area (Å²) >= 11 is 0. The van der Waals surface area contributed by atoms with Gasteiger partial charge in [0.05, 0.1) is 12.5 Å². The van der Waals surface area contributed by atoms with Gasteiger partial charge in [-0.05, 0) is 0 Å². The number of nitriles is 1. The minimum atomic E-state index is 0.00486. The highest BCUT2D eigenvalue weighted by molar-refractivity contribution is 5.75. The van der Waals surface area contributed by atoms with Crippen molar-refractivity contribution in [2.45, 2.75) is 19.8 Å². The van der Waals surface area contributed by atoms with E-state index in [4.69, 9.17) is 5.26 Å². The van der Waals surface area contributed by atoms with Gasteiger partial charge in [-0.1, -0.05) is 6.92 Å². The number of hydrogen-bond acceptors (Lipinski definition) is 2. The second-order valence-electron chi connectivity index (χ2n) is 1.61. The highest BCUT2D eigenvalue weighted by atomic mass is 16.1. The fraction of sp³-hybridized carbons (Fsp3) is 0.667. The van der Waals surface area contributed by atoms with Gasteiger partial charge in [0.1, 0.15) is 0 Å². The molecular formula is C6H10N2O. The van der Waals surface area contributed by atoms with Crippen molar-refractivity contribution >= 4 is 5.91 Å². The van der Waals surface area contributed by atoms with Crippen LogP contribution in [0.1, 0.15) is 19.8 Å². The van der Waals surface area contributed by atoms with Crippen molar-refractivity contribution < 1.29 is 4.79 Å². The van der Waals surface area contributed by atoms with E-state index in [1.807, 2.05) is 6.07 Å². The first-order valence-corrected chi connectivity index (χ1v) is 2.95. The minimum absolute atomic E-state index is 0.00486. The third-order valence-corrected chi connectivity index (χ3v) is 0.880. The lowest BCUT2D eigenvalue weighted by atomic mass is 10.4. The topological polar surface area (TPSA) is 52.9 Å². The van der Waals surface area contributed by atoms with Gasteiger partial charge in [-0.15, -0.1) is 0 Å². The second kappa shape index (κ2) is 5.10. The summed E-state index contributed by atoms with van der Waals surface area (Å²) in [6.45, 7) is 2.25. The summed E-state index contributed by atoms with van der Waals surface area (Å²) in [6.07, 6.45) is 0.886. The molecular weight excluding hydrogens is 116 g/mol. The van der Waals surface area contributed by atoms with Gasteiger partial charge >= 0.3 is 0 Å². The van der Waals surface area contributed by atoms with Gasteiger partial charge in [-0.2, -0.15) is 5.26 Å². The molecule has 0 fully saturated rings. The molecule has 50 valence electrons. The molecule has 0 saturated carbocycles. The first-order valence-electron chi connectivity index (χ1n) is 2.95. The predicted octanol–water partition coefficient (Wildman–Crippen LogP) is 0.426. The molecule has 0 aliphatic rings. The first-order chi connectivity index (χ1) is 4.31. The van der Waals surface area contributed by atoms with E-state index in [2.05, 4.69) is 5.32 Å². The van der Waals surface area contributed by atoms with Crippen molar-refractivity contribution in [2.24, 2.45) is 0 Å². The molecule has 3 nitrogen and oxygen atoms in total. The lowest BCUT2D eigenvalue weighted by Crippen LogP contribution is -2.22. The second-order valence-corrected chi connectivity index (χ2v) is 1.61. The fourth-order valence-electron chi connectivity index (χ4n) is 0.383. The molecule has 0 saturated heterocycles. The SMILES string of the molecule is CCC(=O)NCCC#N. The van der Waals surface area contributed by atoms with E-state index >= 15 is 0 Å². The van der Waals surface area contributed by atoms with Crippen LogP contribution in [0.3, 0.4) is 0 Å². The molecule has 0 aromatic carbocycles. The summed E-state index contributed by atoms with van der Waals surface area (Å²) in [5, 5.41) is 10.6. The molecule has 0 rings (SSSR count). The molecule has 9 heavy (non-hydrogen) atoms. The van der Waals surface area contributed by atoms with Gasteiger partial charge in [0, 0.05) is 13.0 Å². The molecule has 0 bridgehead atoms. The van der Waals surface area contributed by atoms with Crippen LogP contribution in [-0.4, -0.2) is 12.5 Å². The predicted molar refractivity (Wildman–Crippen MR) is 33.5 cm³/mol. The molecule has 0 heterocycles. The van der Waals surface area contributed by atoms with Crippen LogP contribution in [0.15, 0.2) is 0 Å². The van der Waals surface area contributed by atoms with Crippen LogP contribution < -0.4 is 5.32 Å². The van der Waals surface area contributed by atoms with E-state index in [1.54, 1.807) is 6.92 Å². The maximum absolute atomic E-state index is 10.5. The lowest BCUT2D eigenvalue weighted by molar-refractivity contribution is -0.120. The minimum Gasteiger partial charge on any atom is -0.355 e. The largest absolute Gasteiger partial charge is 0.355 e. The summed E-state index contributed by atoms with van der Waals surface area (Å²) in [6, 6.07) is 1.93. The Kier molecular flexibility index (Phi) is 4.51. The number of nitrogens with one attached hydrogen (secondary N) is 1. The van der Waals surface area contributed by atoms with Crippen LogP contribution in [0.4, 0.5) is 0 Å². The van der Waals surface area contributed by atoms with Crippen LogP contribution in [0.25, 0.3) is 0 Å². The molecule has 3 heteroatoms. The summed E-state index contributed by atoms with van der Waals surface area (Å²) in [5.74, 6) is 0.00486. The van der Waals surface area contributed by atoms with Crippen molar-refractivity contribution in [3.05, 3.63) is 0 Å². The normalized spacial score (nSPS) is 8.00. The average molecular weight is 126 g/mol. The van der Waals surface area contributed by atoms with Gasteiger partial charge in [0.2, 0.25) is 5.91 Å². The quantitative estimate of drug-likeness (QED) is 0.557. The van der Waals surface area contributed by atoms with Gasteiger partial charge in [0.25, 0.3) is 0 Å². The van der Waals surface area contributed by atoms with Crippen LogP contribution in [0.2, 0.25) is 0 Å². The Labute approximate surface area is 54.7 Å². The molecule has 0 aromatic rings. The number of carbonyl (C=O) groups is 1. The van der Waals surface area contributed by atoms with Crippen LogP contribution in [0, 0.1) is 11.3 Å². The Balaban J connectivity index is 3.09. The number of nitrogens with zero attached hydrogens (tertiary/aromatic N) is 1. The first kappa shape index (κ1) is 7.96. The Morgan fingerprint density at radius 1 is 1.78 bits per heavy atom. The Morgan fingerprint density at radius 2 is 2.44 bits per heavy atom. The summed E-state index contributed by atoms with van der Waals surface area (Å²) in [4.78, 5) is 10.5. The van der Waals surface area contributed by atoms with Crippen LogP contribution in [-0.2, 0) is 4.79 Å². The maximum Gasteiger partial charge on any atom is 0.219 e. The van der Waals surface area contributed by atoms with E-state index in [0.717, 1.165) is 0 Å². The summed E-state index contributed by atoms with van der Waals surface area (Å²) in [7, 11) is 0. The van der Waals surface area contributed by atoms with E-state index in [-0.39, 0.29) is 5.91 Å². The van der Waals surface area contributed by atoms with Crippen LogP contribution in [0.5, 0.6) is 0 Å². The lowest BCUT2D eigenvalue weighted by Gasteiger charge is -1.96. The highest BCUT2D eigenvalue weighted by Gasteiger charge is 1.92.